The number of amides is 1. The summed E-state index contributed by atoms with van der Waals surface area (Å²) in [5.74, 6) is 0.524. The lowest BCUT2D eigenvalue weighted by molar-refractivity contribution is -0.142. The Morgan fingerprint density at radius 1 is 1.33 bits per heavy atom. The number of rotatable bonds is 4. The van der Waals surface area contributed by atoms with E-state index in [9.17, 15) is 9.90 Å². The van der Waals surface area contributed by atoms with E-state index >= 15 is 0 Å². The number of hydrogen-bond donors (Lipinski definition) is 1. The van der Waals surface area contributed by atoms with Crippen molar-refractivity contribution in [2.24, 2.45) is 0 Å². The molecule has 1 N–H and O–H groups in total. The van der Waals surface area contributed by atoms with Gasteiger partial charge in [0.05, 0.1) is 19.3 Å². The smallest absolute Gasteiger partial charge is 0.263 e. The van der Waals surface area contributed by atoms with E-state index in [0.717, 1.165) is 5.56 Å². The molecule has 5 heteroatoms. The normalized spacial score (nSPS) is 18.2. The maximum Gasteiger partial charge on any atom is 0.263 e. The molecule has 1 aliphatic rings. The van der Waals surface area contributed by atoms with E-state index in [1.54, 1.807) is 18.7 Å². The molecule has 0 aromatic heterocycles. The number of nitrogens with zero attached hydrogens (tertiary/aromatic N) is 1. The molecule has 0 saturated carbocycles. The van der Waals surface area contributed by atoms with Crippen LogP contribution in [0.1, 0.15) is 31.1 Å². The Hall–Kier alpha value is -1.59. The number of aryl methyl sites for hydroxylation is 1. The van der Waals surface area contributed by atoms with E-state index in [1.165, 1.54) is 0 Å². The Balaban J connectivity index is 2.09. The van der Waals surface area contributed by atoms with Gasteiger partial charge in [0, 0.05) is 18.7 Å². The van der Waals surface area contributed by atoms with Gasteiger partial charge in [0.15, 0.2) is 6.10 Å². The van der Waals surface area contributed by atoms with Crippen LogP contribution in [0.3, 0.4) is 0 Å². The Morgan fingerprint density at radius 3 is 2.62 bits per heavy atom. The van der Waals surface area contributed by atoms with Crippen LogP contribution in [0.4, 0.5) is 0 Å². The fourth-order valence-corrected chi connectivity index (χ4v) is 2.37. The summed E-state index contributed by atoms with van der Waals surface area (Å²) in [6.45, 7) is 7.72. The molecular formula is C16H23NO4. The molecule has 0 aliphatic carbocycles. The van der Waals surface area contributed by atoms with Gasteiger partial charge in [-0.3, -0.25) is 4.79 Å². The highest BCUT2D eigenvalue weighted by Crippen LogP contribution is 2.27. The topological polar surface area (TPSA) is 59.0 Å². The van der Waals surface area contributed by atoms with Crippen molar-refractivity contribution in [2.75, 3.05) is 26.3 Å². The predicted molar refractivity (Wildman–Crippen MR) is 79.3 cm³/mol. The minimum Gasteiger partial charge on any atom is -0.480 e. The van der Waals surface area contributed by atoms with Crippen LogP contribution in [-0.4, -0.2) is 48.3 Å². The summed E-state index contributed by atoms with van der Waals surface area (Å²) >= 11 is 0. The molecule has 1 aromatic rings. The molecule has 1 fully saturated rings. The van der Waals surface area contributed by atoms with E-state index in [4.69, 9.17) is 9.47 Å². The lowest BCUT2D eigenvalue weighted by atomic mass is 10.1. The second-order valence-electron chi connectivity index (χ2n) is 5.41. The molecule has 2 atom stereocenters. The summed E-state index contributed by atoms with van der Waals surface area (Å²) in [6, 6.07) is 5.61. The van der Waals surface area contributed by atoms with E-state index in [0.29, 0.717) is 37.6 Å². The molecular weight excluding hydrogens is 270 g/mol. The fourth-order valence-electron chi connectivity index (χ4n) is 2.37. The number of carbonyl (C=O) groups excluding carboxylic acids is 1. The van der Waals surface area contributed by atoms with Crippen LogP contribution >= 0.6 is 0 Å². The summed E-state index contributed by atoms with van der Waals surface area (Å²) in [7, 11) is 0. The van der Waals surface area contributed by atoms with Gasteiger partial charge in [-0.25, -0.2) is 0 Å². The van der Waals surface area contributed by atoms with Gasteiger partial charge in [-0.05, 0) is 32.4 Å². The van der Waals surface area contributed by atoms with Gasteiger partial charge >= 0.3 is 0 Å². The molecule has 21 heavy (non-hydrogen) atoms. The van der Waals surface area contributed by atoms with Gasteiger partial charge in [0.25, 0.3) is 5.91 Å². The molecule has 0 radical (unpaired) electrons. The summed E-state index contributed by atoms with van der Waals surface area (Å²) < 4.78 is 11.1. The molecule has 2 unspecified atom stereocenters. The average molecular weight is 293 g/mol. The zero-order valence-electron chi connectivity index (χ0n) is 12.8. The first kappa shape index (κ1) is 15.8. The van der Waals surface area contributed by atoms with Crippen LogP contribution < -0.4 is 4.74 Å². The summed E-state index contributed by atoms with van der Waals surface area (Å²) in [5, 5.41) is 9.80. The average Bonchev–Trinajstić information content (AvgIpc) is 2.47. The van der Waals surface area contributed by atoms with E-state index in [1.807, 2.05) is 25.1 Å². The zero-order chi connectivity index (χ0) is 15.4. The second kappa shape index (κ2) is 6.91. The number of hydrogen-bond acceptors (Lipinski definition) is 4. The van der Waals surface area contributed by atoms with E-state index in [-0.39, 0.29) is 5.91 Å². The summed E-state index contributed by atoms with van der Waals surface area (Å²) in [6.07, 6.45) is -1.21. The van der Waals surface area contributed by atoms with Crippen LogP contribution in [0.5, 0.6) is 5.75 Å². The second-order valence-corrected chi connectivity index (χ2v) is 5.41. The van der Waals surface area contributed by atoms with Crippen LogP contribution in [-0.2, 0) is 9.53 Å². The van der Waals surface area contributed by atoms with Crippen molar-refractivity contribution in [3.8, 4) is 5.75 Å². The number of carbonyl (C=O) groups is 1. The largest absolute Gasteiger partial charge is 0.480 e. The molecule has 2 rings (SSSR count). The molecule has 1 amide bonds. The van der Waals surface area contributed by atoms with Crippen molar-refractivity contribution in [3.63, 3.8) is 0 Å². The molecule has 1 heterocycles. The highest BCUT2D eigenvalue weighted by molar-refractivity contribution is 5.81. The van der Waals surface area contributed by atoms with Crippen LogP contribution in [0, 0.1) is 6.92 Å². The monoisotopic (exact) mass is 293 g/mol. The van der Waals surface area contributed by atoms with Gasteiger partial charge in [0.2, 0.25) is 0 Å². The van der Waals surface area contributed by atoms with Gasteiger partial charge < -0.3 is 19.5 Å². The lowest BCUT2D eigenvalue weighted by Gasteiger charge is -2.29. The van der Waals surface area contributed by atoms with Crippen molar-refractivity contribution in [2.45, 2.75) is 33.0 Å². The van der Waals surface area contributed by atoms with Crippen LogP contribution in [0.15, 0.2) is 18.2 Å². The third kappa shape index (κ3) is 3.95. The SMILES string of the molecule is Cc1ccc(C(C)O)c(OC(C)C(=O)N2CCOCC2)c1. The predicted octanol–water partition coefficient (Wildman–Crippen LogP) is 1.67. The first-order chi connectivity index (χ1) is 9.99. The highest BCUT2D eigenvalue weighted by Gasteiger charge is 2.24. The third-order valence-electron chi connectivity index (χ3n) is 3.59. The Kier molecular flexibility index (Phi) is 5.20. The van der Waals surface area contributed by atoms with E-state index < -0.39 is 12.2 Å². The van der Waals surface area contributed by atoms with Crippen molar-refractivity contribution >= 4 is 5.91 Å². The minimum atomic E-state index is -0.633. The first-order valence-corrected chi connectivity index (χ1v) is 7.31. The van der Waals surface area contributed by atoms with Crippen LogP contribution in [0.25, 0.3) is 0 Å². The third-order valence-corrected chi connectivity index (χ3v) is 3.59. The van der Waals surface area contributed by atoms with E-state index in [2.05, 4.69) is 0 Å². The van der Waals surface area contributed by atoms with Gasteiger partial charge in [0.1, 0.15) is 5.75 Å². The zero-order valence-corrected chi connectivity index (χ0v) is 12.8. The molecule has 1 saturated heterocycles. The molecule has 1 aliphatic heterocycles. The van der Waals surface area contributed by atoms with Crippen LogP contribution in [0.2, 0.25) is 0 Å². The maximum absolute atomic E-state index is 12.4. The number of benzene rings is 1. The van der Waals surface area contributed by atoms with Gasteiger partial charge in [-0.2, -0.15) is 0 Å². The molecule has 0 spiro atoms. The standard InChI is InChI=1S/C16H23NO4/c1-11-4-5-14(12(2)18)15(10-11)21-13(3)16(19)17-6-8-20-9-7-17/h4-5,10,12-13,18H,6-9H2,1-3H3. The molecule has 5 nitrogen and oxygen atoms in total. The van der Waals surface area contributed by atoms with Gasteiger partial charge in [-0.1, -0.05) is 12.1 Å². The van der Waals surface area contributed by atoms with Gasteiger partial charge in [-0.15, -0.1) is 0 Å². The van der Waals surface area contributed by atoms with Crippen molar-refractivity contribution < 1.29 is 19.4 Å². The van der Waals surface area contributed by atoms with Crippen molar-refractivity contribution in [1.29, 1.82) is 0 Å². The highest BCUT2D eigenvalue weighted by atomic mass is 16.5. The summed E-state index contributed by atoms with van der Waals surface area (Å²) in [5.41, 5.74) is 1.72. The first-order valence-electron chi connectivity index (χ1n) is 7.31. The lowest BCUT2D eigenvalue weighted by Crippen LogP contribution is -2.46. The quantitative estimate of drug-likeness (QED) is 0.917. The molecule has 1 aromatic carbocycles. The molecule has 0 bridgehead atoms. The number of ether oxygens (including phenoxy) is 2. The fraction of sp³-hybridized carbons (Fsp3) is 0.562. The number of aliphatic hydroxyl groups is 1. The van der Waals surface area contributed by atoms with Crippen molar-refractivity contribution in [1.82, 2.24) is 4.90 Å². The van der Waals surface area contributed by atoms with Crippen molar-refractivity contribution in [3.05, 3.63) is 29.3 Å². The number of aliphatic hydroxyl groups excluding tert-OH is 1. The Bertz CT molecular complexity index is 495. The Morgan fingerprint density at radius 2 is 2.00 bits per heavy atom. The molecule has 116 valence electrons. The Labute approximate surface area is 125 Å². The maximum atomic E-state index is 12.4. The minimum absolute atomic E-state index is 0.0450. The number of morpholine rings is 1. The summed E-state index contributed by atoms with van der Waals surface area (Å²) in [4.78, 5) is 14.1.